The Morgan fingerprint density at radius 2 is 1.37 bits per heavy atom. The van der Waals surface area contributed by atoms with Crippen molar-refractivity contribution in [3.63, 3.8) is 0 Å². The first-order chi connectivity index (χ1) is 14.6. The summed E-state index contributed by atoms with van der Waals surface area (Å²) in [6, 6.07) is 0. The van der Waals surface area contributed by atoms with Gasteiger partial charge in [-0.05, 0) is 84.3 Å². The first kappa shape index (κ1) is 31.4. The summed E-state index contributed by atoms with van der Waals surface area (Å²) in [5.74, 6) is 0.395. The largest absolute Gasteiger partial charge is 0.371 e. The predicted octanol–water partition coefficient (Wildman–Crippen LogP) is 0.938. The molecule has 8 heteroatoms. The Labute approximate surface area is 185 Å². The van der Waals surface area contributed by atoms with E-state index in [0.717, 1.165) is 90.8 Å². The number of rotatable bonds is 21. The van der Waals surface area contributed by atoms with Gasteiger partial charge >= 0.3 is 0 Å². The van der Waals surface area contributed by atoms with Crippen molar-refractivity contribution < 1.29 is 9.53 Å². The van der Waals surface area contributed by atoms with Crippen molar-refractivity contribution in [2.75, 3.05) is 66.1 Å². The summed E-state index contributed by atoms with van der Waals surface area (Å²) in [4.78, 5) is 11.6. The van der Waals surface area contributed by atoms with E-state index in [4.69, 9.17) is 21.9 Å². The standard InChI is InChI=1S/C16H36N4O2.C6H16N2/c1-15(12-19-10-7-9-18-2)13-22-14-16(21)20-11-6-4-3-5-8-17;7-5-3-1-2-4-6-8/h15,18-19H,3-14,17H2,1-2H3,(H,20,21);1-8H2. The van der Waals surface area contributed by atoms with Gasteiger partial charge in [-0.2, -0.15) is 0 Å². The van der Waals surface area contributed by atoms with E-state index in [2.05, 4.69) is 22.9 Å². The van der Waals surface area contributed by atoms with Crippen LogP contribution in [0.4, 0.5) is 0 Å². The first-order valence-electron chi connectivity index (χ1n) is 11.9. The lowest BCUT2D eigenvalue weighted by Crippen LogP contribution is -2.31. The van der Waals surface area contributed by atoms with Gasteiger partial charge in [0.05, 0.1) is 6.61 Å². The van der Waals surface area contributed by atoms with Crippen LogP contribution in [-0.2, 0) is 9.53 Å². The Morgan fingerprint density at radius 1 is 0.800 bits per heavy atom. The highest BCUT2D eigenvalue weighted by molar-refractivity contribution is 5.77. The minimum absolute atomic E-state index is 0.0204. The topological polar surface area (TPSA) is 140 Å². The normalized spacial score (nSPS) is 11.6. The molecule has 30 heavy (non-hydrogen) atoms. The first-order valence-corrected chi connectivity index (χ1v) is 11.9. The Bertz CT molecular complexity index is 329. The van der Waals surface area contributed by atoms with Gasteiger partial charge < -0.3 is 37.9 Å². The lowest BCUT2D eigenvalue weighted by atomic mass is 10.2. The van der Waals surface area contributed by atoms with Crippen molar-refractivity contribution in [1.82, 2.24) is 16.0 Å². The third-order valence-corrected chi connectivity index (χ3v) is 4.52. The number of carbonyl (C=O) groups excluding carboxylic acids is 1. The van der Waals surface area contributed by atoms with Gasteiger partial charge in [0.25, 0.3) is 0 Å². The van der Waals surface area contributed by atoms with Crippen LogP contribution in [0.2, 0.25) is 0 Å². The lowest BCUT2D eigenvalue weighted by molar-refractivity contribution is -0.126. The summed E-state index contributed by atoms with van der Waals surface area (Å²) < 4.78 is 5.45. The Balaban J connectivity index is 0. The minimum atomic E-state index is -0.0204. The molecule has 0 rings (SSSR count). The van der Waals surface area contributed by atoms with E-state index < -0.39 is 0 Å². The summed E-state index contributed by atoms with van der Waals surface area (Å²) in [6.45, 7) is 9.00. The molecule has 182 valence electrons. The third-order valence-electron chi connectivity index (χ3n) is 4.52. The second-order valence-corrected chi connectivity index (χ2v) is 7.83. The quantitative estimate of drug-likeness (QED) is 0.148. The van der Waals surface area contributed by atoms with Gasteiger partial charge in [-0.3, -0.25) is 4.79 Å². The highest BCUT2D eigenvalue weighted by Gasteiger charge is 2.05. The molecule has 0 fully saturated rings. The van der Waals surface area contributed by atoms with Crippen LogP contribution in [-0.4, -0.2) is 72.0 Å². The van der Waals surface area contributed by atoms with Crippen LogP contribution in [0.3, 0.4) is 0 Å². The van der Waals surface area contributed by atoms with Gasteiger partial charge in [0.15, 0.2) is 0 Å². The summed E-state index contributed by atoms with van der Waals surface area (Å²) in [6.07, 6.45) is 10.3. The maximum atomic E-state index is 11.6. The summed E-state index contributed by atoms with van der Waals surface area (Å²) in [5, 5.41) is 9.39. The van der Waals surface area contributed by atoms with Gasteiger partial charge in [-0.25, -0.2) is 0 Å². The van der Waals surface area contributed by atoms with Crippen LogP contribution in [0, 0.1) is 5.92 Å². The summed E-state index contributed by atoms with van der Waals surface area (Å²) in [5.41, 5.74) is 16.0. The van der Waals surface area contributed by atoms with Crippen LogP contribution < -0.4 is 33.2 Å². The highest BCUT2D eigenvalue weighted by Crippen LogP contribution is 1.97. The molecule has 1 amide bonds. The smallest absolute Gasteiger partial charge is 0.245 e. The average Bonchev–Trinajstić information content (AvgIpc) is 2.74. The number of unbranched alkanes of at least 4 members (excludes halogenated alkanes) is 6. The van der Waals surface area contributed by atoms with Crippen molar-refractivity contribution in [3.05, 3.63) is 0 Å². The van der Waals surface area contributed by atoms with E-state index in [0.29, 0.717) is 12.5 Å². The van der Waals surface area contributed by atoms with Crippen molar-refractivity contribution >= 4 is 5.91 Å². The van der Waals surface area contributed by atoms with Gasteiger partial charge in [0.2, 0.25) is 5.91 Å². The number of nitrogens with one attached hydrogen (secondary N) is 3. The predicted molar refractivity (Wildman–Crippen MR) is 129 cm³/mol. The fourth-order valence-corrected chi connectivity index (χ4v) is 2.69. The van der Waals surface area contributed by atoms with Crippen LogP contribution in [0.5, 0.6) is 0 Å². The number of carbonyl (C=O) groups is 1. The zero-order chi connectivity index (χ0) is 22.7. The molecule has 0 heterocycles. The second-order valence-electron chi connectivity index (χ2n) is 7.83. The molecule has 9 N–H and O–H groups in total. The van der Waals surface area contributed by atoms with Gasteiger partial charge in [-0.1, -0.05) is 32.6 Å². The number of hydrogen-bond donors (Lipinski definition) is 6. The van der Waals surface area contributed by atoms with E-state index >= 15 is 0 Å². The second kappa shape index (κ2) is 28.2. The molecule has 0 aromatic carbocycles. The van der Waals surface area contributed by atoms with Crippen molar-refractivity contribution in [2.45, 2.75) is 64.7 Å². The number of ether oxygens (including phenoxy) is 1. The van der Waals surface area contributed by atoms with E-state index in [1.54, 1.807) is 0 Å². The van der Waals surface area contributed by atoms with Crippen LogP contribution in [0.15, 0.2) is 0 Å². The van der Waals surface area contributed by atoms with E-state index in [-0.39, 0.29) is 12.5 Å². The SMILES string of the molecule is CNCCCNCC(C)COCC(=O)NCCCCCCN.NCCCCCCN. The van der Waals surface area contributed by atoms with Crippen molar-refractivity contribution in [3.8, 4) is 0 Å². The van der Waals surface area contributed by atoms with Crippen LogP contribution in [0.25, 0.3) is 0 Å². The maximum absolute atomic E-state index is 11.6. The number of amides is 1. The zero-order valence-corrected chi connectivity index (χ0v) is 19.9. The molecule has 0 spiro atoms. The molecule has 1 unspecified atom stereocenters. The zero-order valence-electron chi connectivity index (χ0n) is 19.9. The fraction of sp³-hybridized carbons (Fsp3) is 0.955. The Morgan fingerprint density at radius 3 is 1.90 bits per heavy atom. The Hall–Kier alpha value is -0.770. The molecule has 0 bridgehead atoms. The van der Waals surface area contributed by atoms with Crippen LogP contribution in [0.1, 0.15) is 64.7 Å². The molecule has 0 aromatic heterocycles. The van der Waals surface area contributed by atoms with E-state index in [9.17, 15) is 4.79 Å². The third kappa shape index (κ3) is 29.4. The molecule has 8 nitrogen and oxygen atoms in total. The maximum Gasteiger partial charge on any atom is 0.245 e. The minimum Gasteiger partial charge on any atom is -0.371 e. The van der Waals surface area contributed by atoms with Gasteiger partial charge in [-0.15, -0.1) is 0 Å². The molecule has 0 aliphatic rings. The summed E-state index contributed by atoms with van der Waals surface area (Å²) >= 11 is 0. The van der Waals surface area contributed by atoms with Crippen molar-refractivity contribution in [2.24, 2.45) is 23.1 Å². The molecule has 0 radical (unpaired) electrons. The number of hydrogen-bond acceptors (Lipinski definition) is 7. The molecule has 0 aliphatic heterocycles. The monoisotopic (exact) mass is 432 g/mol. The molecular weight excluding hydrogens is 380 g/mol. The summed E-state index contributed by atoms with van der Waals surface area (Å²) in [7, 11) is 1.96. The van der Waals surface area contributed by atoms with Gasteiger partial charge in [0.1, 0.15) is 6.61 Å². The lowest BCUT2D eigenvalue weighted by Gasteiger charge is -2.13. The van der Waals surface area contributed by atoms with Gasteiger partial charge in [0, 0.05) is 6.54 Å². The Kier molecular flexibility index (Phi) is 29.6. The highest BCUT2D eigenvalue weighted by atomic mass is 16.5. The van der Waals surface area contributed by atoms with E-state index in [1.165, 1.54) is 12.8 Å². The molecule has 0 saturated carbocycles. The number of nitrogens with two attached hydrogens (primary N) is 3. The molecule has 0 saturated heterocycles. The fourth-order valence-electron chi connectivity index (χ4n) is 2.69. The van der Waals surface area contributed by atoms with E-state index in [1.807, 2.05) is 7.05 Å². The molecule has 1 atom stereocenters. The molecule has 0 aliphatic carbocycles. The molecular formula is C22H52N6O2. The van der Waals surface area contributed by atoms with Crippen LogP contribution >= 0.6 is 0 Å². The average molecular weight is 433 g/mol. The van der Waals surface area contributed by atoms with Crippen molar-refractivity contribution in [1.29, 1.82) is 0 Å². The molecule has 0 aromatic rings.